The van der Waals surface area contributed by atoms with Gasteiger partial charge in [0.25, 0.3) is 0 Å². The van der Waals surface area contributed by atoms with E-state index in [2.05, 4.69) is 16.0 Å². The number of carboxylic acid groups (broad SMARTS) is 2. The molecule has 0 spiro atoms. The predicted molar refractivity (Wildman–Crippen MR) is 146 cm³/mol. The van der Waals surface area contributed by atoms with E-state index in [0.29, 0.717) is 12.1 Å². The maximum absolute atomic E-state index is 13.2. The molecule has 214 valence electrons. The second-order valence-electron chi connectivity index (χ2n) is 9.88. The van der Waals surface area contributed by atoms with Crippen molar-refractivity contribution in [3.8, 4) is 0 Å². The Bertz CT molecular complexity index is 1200. The summed E-state index contributed by atoms with van der Waals surface area (Å²) in [5.41, 5.74) is 2.45. The predicted octanol–water partition coefficient (Wildman–Crippen LogP) is 2.39. The van der Waals surface area contributed by atoms with Crippen LogP contribution in [-0.4, -0.2) is 58.2 Å². The highest BCUT2D eigenvalue weighted by Crippen LogP contribution is 2.17. The van der Waals surface area contributed by atoms with Gasteiger partial charge in [0.05, 0.1) is 12.5 Å². The zero-order valence-electron chi connectivity index (χ0n) is 22.5. The van der Waals surface area contributed by atoms with Gasteiger partial charge in [0.2, 0.25) is 17.7 Å². The number of carbonyl (C=O) groups excluding carboxylic acids is 4. The number of aldehydes is 1. The lowest BCUT2D eigenvalue weighted by molar-refractivity contribution is -0.141. The van der Waals surface area contributed by atoms with Crippen LogP contribution in [0.3, 0.4) is 0 Å². The largest absolute Gasteiger partial charge is 0.481 e. The standard InChI is InChI=1S/C29H35N3O8/c1-18(2)13-23(27(38)31-22(17-33)16-26(36)37)28(39)32-24(11-12-25(34)35)29(40)30-21-10-6-9-20(15-21)14-19-7-4-3-5-8-19/h3-10,15,17-18,22-24H,11-14,16H2,1-2H3,(H,30,40)(H,31,38)(H,32,39)(H,34,35)(H,36,37). The SMILES string of the molecule is CC(C)CC(C(=O)NC(C=O)CC(=O)O)C(=O)NC(CCC(=O)O)C(=O)Nc1cccc(Cc2ccccc2)c1. The lowest BCUT2D eigenvalue weighted by atomic mass is 9.94. The van der Waals surface area contributed by atoms with E-state index in [0.717, 1.165) is 11.1 Å². The summed E-state index contributed by atoms with van der Waals surface area (Å²) in [6, 6.07) is 14.2. The van der Waals surface area contributed by atoms with Gasteiger partial charge in [-0.3, -0.25) is 24.0 Å². The van der Waals surface area contributed by atoms with Crippen LogP contribution in [0.15, 0.2) is 54.6 Å². The van der Waals surface area contributed by atoms with Crippen molar-refractivity contribution in [2.45, 2.75) is 58.0 Å². The van der Waals surface area contributed by atoms with Crippen molar-refractivity contribution in [3.05, 3.63) is 65.7 Å². The van der Waals surface area contributed by atoms with E-state index >= 15 is 0 Å². The average Bonchev–Trinajstić information content (AvgIpc) is 2.89. The normalized spacial score (nSPS) is 13.0. The molecule has 0 aliphatic rings. The van der Waals surface area contributed by atoms with Crippen molar-refractivity contribution in [1.82, 2.24) is 10.6 Å². The number of hydrogen-bond donors (Lipinski definition) is 5. The topological polar surface area (TPSA) is 179 Å². The van der Waals surface area contributed by atoms with E-state index in [1.807, 2.05) is 36.4 Å². The average molecular weight is 554 g/mol. The monoisotopic (exact) mass is 553 g/mol. The fourth-order valence-electron chi connectivity index (χ4n) is 4.04. The van der Waals surface area contributed by atoms with Gasteiger partial charge < -0.3 is 31.0 Å². The summed E-state index contributed by atoms with van der Waals surface area (Å²) < 4.78 is 0. The molecule has 40 heavy (non-hydrogen) atoms. The Labute approximate surface area is 232 Å². The first-order valence-electron chi connectivity index (χ1n) is 12.9. The molecule has 2 aromatic carbocycles. The Hall–Kier alpha value is -4.54. The maximum Gasteiger partial charge on any atom is 0.305 e. The van der Waals surface area contributed by atoms with Crippen LogP contribution in [0.2, 0.25) is 0 Å². The second-order valence-corrected chi connectivity index (χ2v) is 9.88. The molecule has 0 bridgehead atoms. The van der Waals surface area contributed by atoms with E-state index in [-0.39, 0.29) is 25.0 Å². The van der Waals surface area contributed by atoms with Gasteiger partial charge in [0, 0.05) is 12.1 Å². The smallest absolute Gasteiger partial charge is 0.305 e. The number of aliphatic carboxylic acids is 2. The van der Waals surface area contributed by atoms with Crippen LogP contribution in [0, 0.1) is 11.8 Å². The van der Waals surface area contributed by atoms with E-state index in [1.165, 1.54) is 0 Å². The van der Waals surface area contributed by atoms with Crippen LogP contribution < -0.4 is 16.0 Å². The van der Waals surface area contributed by atoms with Gasteiger partial charge in [-0.05, 0) is 48.4 Å². The Morgan fingerprint density at radius 1 is 0.825 bits per heavy atom. The number of anilines is 1. The zero-order valence-corrected chi connectivity index (χ0v) is 22.5. The van der Waals surface area contributed by atoms with Crippen molar-refractivity contribution in [3.63, 3.8) is 0 Å². The maximum atomic E-state index is 13.2. The highest BCUT2D eigenvalue weighted by Gasteiger charge is 2.32. The molecule has 0 aliphatic heterocycles. The minimum atomic E-state index is -1.34. The van der Waals surface area contributed by atoms with E-state index in [4.69, 9.17) is 10.2 Å². The van der Waals surface area contributed by atoms with Crippen LogP contribution in [-0.2, 0) is 35.2 Å². The minimum absolute atomic E-state index is 0.0467. The molecule has 2 rings (SSSR count). The summed E-state index contributed by atoms with van der Waals surface area (Å²) in [6.07, 6.45) is -0.365. The molecular weight excluding hydrogens is 518 g/mol. The first-order valence-corrected chi connectivity index (χ1v) is 12.9. The molecule has 0 radical (unpaired) electrons. The molecule has 3 atom stereocenters. The first-order chi connectivity index (χ1) is 19.0. The number of hydrogen-bond acceptors (Lipinski definition) is 6. The third-order valence-electron chi connectivity index (χ3n) is 5.95. The van der Waals surface area contributed by atoms with E-state index in [9.17, 15) is 28.8 Å². The summed E-state index contributed by atoms with van der Waals surface area (Å²) in [5, 5.41) is 25.6. The third kappa shape index (κ3) is 11.1. The summed E-state index contributed by atoms with van der Waals surface area (Å²) in [6.45, 7) is 3.53. The lowest BCUT2D eigenvalue weighted by Crippen LogP contribution is -2.51. The molecule has 11 nitrogen and oxygen atoms in total. The highest BCUT2D eigenvalue weighted by molar-refractivity contribution is 6.04. The van der Waals surface area contributed by atoms with Crippen LogP contribution >= 0.6 is 0 Å². The van der Waals surface area contributed by atoms with Crippen molar-refractivity contribution >= 4 is 41.6 Å². The quantitative estimate of drug-likeness (QED) is 0.155. The number of amides is 3. The number of rotatable bonds is 16. The van der Waals surface area contributed by atoms with Crippen LogP contribution in [0.5, 0.6) is 0 Å². The Balaban J connectivity index is 2.19. The van der Waals surface area contributed by atoms with Crippen LogP contribution in [0.25, 0.3) is 0 Å². The molecule has 0 heterocycles. The minimum Gasteiger partial charge on any atom is -0.481 e. The highest BCUT2D eigenvalue weighted by atomic mass is 16.4. The number of carboxylic acids is 2. The molecule has 3 unspecified atom stereocenters. The fraction of sp³-hybridized carbons (Fsp3) is 0.379. The Kier molecular flexibility index (Phi) is 12.5. The molecule has 0 saturated carbocycles. The van der Waals surface area contributed by atoms with Gasteiger partial charge in [-0.2, -0.15) is 0 Å². The van der Waals surface area contributed by atoms with Gasteiger partial charge in [0.15, 0.2) is 0 Å². The van der Waals surface area contributed by atoms with Gasteiger partial charge >= 0.3 is 11.9 Å². The number of benzene rings is 2. The van der Waals surface area contributed by atoms with Gasteiger partial charge in [-0.15, -0.1) is 0 Å². The zero-order chi connectivity index (χ0) is 29.7. The molecule has 11 heteroatoms. The number of carbonyl (C=O) groups is 6. The summed E-state index contributed by atoms with van der Waals surface area (Å²) in [5.74, 6) is -6.33. The Morgan fingerprint density at radius 2 is 1.48 bits per heavy atom. The van der Waals surface area contributed by atoms with Crippen molar-refractivity contribution in [2.24, 2.45) is 11.8 Å². The lowest BCUT2D eigenvalue weighted by Gasteiger charge is -2.24. The van der Waals surface area contributed by atoms with Gasteiger partial charge in [-0.1, -0.05) is 56.3 Å². The van der Waals surface area contributed by atoms with Crippen molar-refractivity contribution in [2.75, 3.05) is 5.32 Å². The van der Waals surface area contributed by atoms with Gasteiger partial charge in [-0.25, -0.2) is 0 Å². The second kappa shape index (κ2) is 15.8. The van der Waals surface area contributed by atoms with Crippen molar-refractivity contribution in [1.29, 1.82) is 0 Å². The molecule has 0 aliphatic carbocycles. The first kappa shape index (κ1) is 31.7. The van der Waals surface area contributed by atoms with Gasteiger partial charge in [0.1, 0.15) is 18.2 Å². The van der Waals surface area contributed by atoms with E-state index in [1.54, 1.807) is 32.0 Å². The Morgan fingerprint density at radius 3 is 2.08 bits per heavy atom. The molecule has 2 aromatic rings. The van der Waals surface area contributed by atoms with Crippen molar-refractivity contribution < 1.29 is 39.0 Å². The fourth-order valence-corrected chi connectivity index (χ4v) is 4.04. The van der Waals surface area contributed by atoms with Crippen LogP contribution in [0.4, 0.5) is 5.69 Å². The molecular formula is C29H35N3O8. The summed E-state index contributed by atoms with van der Waals surface area (Å²) >= 11 is 0. The third-order valence-corrected chi connectivity index (χ3v) is 5.95. The summed E-state index contributed by atoms with van der Waals surface area (Å²) in [7, 11) is 0. The number of nitrogens with one attached hydrogen (secondary N) is 3. The molecule has 0 fully saturated rings. The summed E-state index contributed by atoms with van der Waals surface area (Å²) in [4.78, 5) is 72.6. The molecule has 0 saturated heterocycles. The van der Waals surface area contributed by atoms with E-state index < -0.39 is 60.5 Å². The molecule has 0 aromatic heterocycles. The molecule has 5 N–H and O–H groups in total. The molecule has 3 amide bonds. The van der Waals surface area contributed by atoms with Crippen LogP contribution in [0.1, 0.15) is 50.7 Å².